The van der Waals surface area contributed by atoms with E-state index in [0.29, 0.717) is 24.3 Å². The van der Waals surface area contributed by atoms with Crippen molar-refractivity contribution >= 4 is 5.91 Å². The zero-order chi connectivity index (χ0) is 17.9. The van der Waals surface area contributed by atoms with Crippen molar-refractivity contribution < 1.29 is 18.0 Å². The van der Waals surface area contributed by atoms with E-state index in [1.807, 2.05) is 0 Å². The number of carbonyl (C=O) groups excluding carboxylic acids is 1. The fourth-order valence-corrected chi connectivity index (χ4v) is 2.40. The van der Waals surface area contributed by atoms with Crippen LogP contribution in [0.25, 0.3) is 5.69 Å². The van der Waals surface area contributed by atoms with Gasteiger partial charge in [-0.15, -0.1) is 0 Å². The first-order chi connectivity index (χ1) is 11.9. The van der Waals surface area contributed by atoms with Gasteiger partial charge in [-0.3, -0.25) is 4.79 Å². The highest BCUT2D eigenvalue weighted by Crippen LogP contribution is 2.29. The van der Waals surface area contributed by atoms with Crippen molar-refractivity contribution in [1.82, 2.24) is 20.0 Å². The number of alkyl halides is 3. The molecule has 3 rings (SSSR count). The Labute approximate surface area is 142 Å². The number of benzene rings is 1. The smallest absolute Gasteiger partial charge is 0.329 e. The summed E-state index contributed by atoms with van der Waals surface area (Å²) in [6.45, 7) is 2.75. The van der Waals surface area contributed by atoms with Gasteiger partial charge in [0.2, 0.25) is 0 Å². The number of rotatable bonds is 1. The van der Waals surface area contributed by atoms with Crippen LogP contribution in [0.3, 0.4) is 0 Å². The molecule has 0 aliphatic carbocycles. The van der Waals surface area contributed by atoms with Gasteiger partial charge in [-0.2, -0.15) is 18.3 Å². The zero-order valence-corrected chi connectivity index (χ0v) is 13.2. The van der Waals surface area contributed by atoms with Crippen LogP contribution in [0, 0.1) is 11.8 Å². The number of amides is 1. The molecule has 2 aromatic rings. The summed E-state index contributed by atoms with van der Waals surface area (Å²) >= 11 is 0. The van der Waals surface area contributed by atoms with Gasteiger partial charge < -0.3 is 10.2 Å². The molecule has 1 aromatic carbocycles. The average molecular weight is 348 g/mol. The van der Waals surface area contributed by atoms with Crippen LogP contribution in [-0.4, -0.2) is 46.8 Å². The molecular formula is C17H15F3N4O. The predicted molar refractivity (Wildman–Crippen MR) is 84.9 cm³/mol. The molecule has 1 aliphatic heterocycles. The van der Waals surface area contributed by atoms with Crippen LogP contribution in [0.4, 0.5) is 13.2 Å². The number of halogens is 3. The molecule has 1 amide bonds. The number of piperazine rings is 1. The Balaban J connectivity index is 1.70. The van der Waals surface area contributed by atoms with Gasteiger partial charge in [0, 0.05) is 38.3 Å². The third-order valence-electron chi connectivity index (χ3n) is 3.76. The minimum atomic E-state index is -4.37. The van der Waals surface area contributed by atoms with Gasteiger partial charge in [-0.25, -0.2) is 4.68 Å². The molecule has 2 heterocycles. The standard InChI is InChI=1S/C17H15F3N4O/c18-17(19,20)14-2-4-15(5-3-14)24-12-13(11-22-24)1-6-16(25)23-9-7-21-8-10-23/h2-5,11-12,21H,7-10H2. The lowest BCUT2D eigenvalue weighted by molar-refractivity contribution is -0.137. The molecule has 1 aliphatic rings. The highest BCUT2D eigenvalue weighted by atomic mass is 19.4. The minimum Gasteiger partial charge on any atom is -0.329 e. The van der Waals surface area contributed by atoms with Crippen molar-refractivity contribution in [2.24, 2.45) is 0 Å². The van der Waals surface area contributed by atoms with Crippen LogP contribution in [-0.2, 0) is 11.0 Å². The van der Waals surface area contributed by atoms with Gasteiger partial charge in [0.15, 0.2) is 0 Å². The summed E-state index contributed by atoms with van der Waals surface area (Å²) in [6, 6.07) is 4.66. The Morgan fingerprint density at radius 1 is 1.16 bits per heavy atom. The fraction of sp³-hybridized carbons (Fsp3) is 0.294. The lowest BCUT2D eigenvalue weighted by Gasteiger charge is -2.25. The van der Waals surface area contributed by atoms with Crippen molar-refractivity contribution in [3.8, 4) is 17.5 Å². The van der Waals surface area contributed by atoms with Gasteiger partial charge >= 0.3 is 6.18 Å². The molecule has 0 radical (unpaired) electrons. The zero-order valence-electron chi connectivity index (χ0n) is 13.2. The van der Waals surface area contributed by atoms with E-state index in [9.17, 15) is 18.0 Å². The third kappa shape index (κ3) is 4.19. The fourth-order valence-electron chi connectivity index (χ4n) is 2.40. The number of aromatic nitrogens is 2. The maximum absolute atomic E-state index is 12.6. The number of nitrogens with one attached hydrogen (secondary N) is 1. The molecule has 0 spiro atoms. The Morgan fingerprint density at radius 3 is 2.48 bits per heavy atom. The van der Waals surface area contributed by atoms with E-state index >= 15 is 0 Å². The van der Waals surface area contributed by atoms with Crippen LogP contribution >= 0.6 is 0 Å². The molecular weight excluding hydrogens is 333 g/mol. The Bertz CT molecular complexity index is 809. The molecule has 5 nitrogen and oxygen atoms in total. The van der Waals surface area contributed by atoms with Gasteiger partial charge in [-0.1, -0.05) is 5.92 Å². The Morgan fingerprint density at radius 2 is 1.84 bits per heavy atom. The van der Waals surface area contributed by atoms with Gasteiger partial charge in [0.1, 0.15) is 0 Å². The molecule has 8 heteroatoms. The topological polar surface area (TPSA) is 50.2 Å². The molecule has 130 valence electrons. The van der Waals surface area contributed by atoms with Crippen LogP contribution in [0.1, 0.15) is 11.1 Å². The van der Waals surface area contributed by atoms with E-state index in [-0.39, 0.29) is 5.91 Å². The van der Waals surface area contributed by atoms with Crippen LogP contribution in [0.15, 0.2) is 36.7 Å². The predicted octanol–water partition coefficient (Wildman–Crippen LogP) is 1.67. The number of carbonyl (C=O) groups is 1. The highest BCUT2D eigenvalue weighted by molar-refractivity contribution is 5.94. The van der Waals surface area contributed by atoms with E-state index in [4.69, 9.17) is 0 Å². The largest absolute Gasteiger partial charge is 0.416 e. The first-order valence-electron chi connectivity index (χ1n) is 7.67. The molecule has 1 aromatic heterocycles. The lowest BCUT2D eigenvalue weighted by Crippen LogP contribution is -2.46. The first-order valence-corrected chi connectivity index (χ1v) is 7.67. The van der Waals surface area contributed by atoms with Crippen molar-refractivity contribution in [2.75, 3.05) is 26.2 Å². The molecule has 1 saturated heterocycles. The quantitative estimate of drug-likeness (QED) is 0.798. The van der Waals surface area contributed by atoms with Crippen LogP contribution < -0.4 is 5.32 Å². The van der Waals surface area contributed by atoms with Crippen molar-refractivity contribution in [3.63, 3.8) is 0 Å². The molecule has 1 fully saturated rings. The maximum atomic E-state index is 12.6. The normalized spacial score (nSPS) is 14.8. The molecule has 0 bridgehead atoms. The van der Waals surface area contributed by atoms with Gasteiger partial charge in [-0.05, 0) is 24.3 Å². The number of hydrogen-bond acceptors (Lipinski definition) is 3. The third-order valence-corrected chi connectivity index (χ3v) is 3.76. The van der Waals surface area contributed by atoms with E-state index in [0.717, 1.165) is 25.2 Å². The van der Waals surface area contributed by atoms with Gasteiger partial charge in [0.25, 0.3) is 5.91 Å². The molecule has 1 N–H and O–H groups in total. The van der Waals surface area contributed by atoms with E-state index in [2.05, 4.69) is 22.3 Å². The molecule has 0 saturated carbocycles. The molecule has 25 heavy (non-hydrogen) atoms. The first kappa shape index (κ1) is 17.0. The lowest BCUT2D eigenvalue weighted by atomic mass is 10.2. The van der Waals surface area contributed by atoms with Gasteiger partial charge in [0.05, 0.1) is 23.0 Å². The minimum absolute atomic E-state index is 0.246. The second-order valence-corrected chi connectivity index (χ2v) is 5.51. The monoisotopic (exact) mass is 348 g/mol. The summed E-state index contributed by atoms with van der Waals surface area (Å²) in [4.78, 5) is 13.6. The van der Waals surface area contributed by atoms with Crippen LogP contribution in [0.5, 0.6) is 0 Å². The maximum Gasteiger partial charge on any atom is 0.416 e. The Kier molecular flexibility index (Phi) is 4.76. The van der Waals surface area contributed by atoms with Crippen molar-refractivity contribution in [1.29, 1.82) is 0 Å². The van der Waals surface area contributed by atoms with E-state index in [1.165, 1.54) is 23.0 Å². The average Bonchev–Trinajstić information content (AvgIpc) is 3.09. The summed E-state index contributed by atoms with van der Waals surface area (Å²) < 4.78 is 39.1. The second kappa shape index (κ2) is 6.99. The molecule has 0 unspecified atom stereocenters. The second-order valence-electron chi connectivity index (χ2n) is 5.51. The van der Waals surface area contributed by atoms with Crippen molar-refractivity contribution in [2.45, 2.75) is 6.18 Å². The summed E-state index contributed by atoms with van der Waals surface area (Å²) in [5.41, 5.74) is 0.280. The van der Waals surface area contributed by atoms with E-state index in [1.54, 1.807) is 11.1 Å². The van der Waals surface area contributed by atoms with E-state index < -0.39 is 11.7 Å². The Hall–Kier alpha value is -2.79. The van der Waals surface area contributed by atoms with Crippen molar-refractivity contribution in [3.05, 3.63) is 47.8 Å². The summed E-state index contributed by atoms with van der Waals surface area (Å²) in [5, 5.41) is 7.22. The summed E-state index contributed by atoms with van der Waals surface area (Å²) in [7, 11) is 0. The number of nitrogens with zero attached hydrogens (tertiary/aromatic N) is 3. The summed E-state index contributed by atoms with van der Waals surface area (Å²) in [6.07, 6.45) is -1.33. The SMILES string of the molecule is O=C(C#Cc1cnn(-c2ccc(C(F)(F)F)cc2)c1)N1CCNCC1. The molecule has 0 atom stereocenters. The number of hydrogen-bond donors (Lipinski definition) is 1. The summed E-state index contributed by atoms with van der Waals surface area (Å²) in [5.74, 6) is 5.07. The van der Waals surface area contributed by atoms with Crippen LogP contribution in [0.2, 0.25) is 0 Å². The highest BCUT2D eigenvalue weighted by Gasteiger charge is 2.30.